The summed E-state index contributed by atoms with van der Waals surface area (Å²) in [6.45, 7) is 0. The van der Waals surface area contributed by atoms with E-state index in [4.69, 9.17) is 8.83 Å². The molecule has 1 spiro atoms. The van der Waals surface area contributed by atoms with Gasteiger partial charge in [-0.05, 0) is 125 Å². The standard InChI is InChI=1S/C51H30N2O2/c1-3-19-39-35(15-1)41(31-11-9-13-33(27-31)49-52-23-25-54-49)29-45-47(39)48-40-20-4-2-16-36(40)42(32-12-10-14-34(28-32)50-53-24-26-55-50)30-46(48)51(45)43-21-7-5-17-37(43)38-18-6-8-22-44(38)51/h1-30H. The number of aromatic nitrogens is 2. The molecule has 0 atom stereocenters. The molecule has 0 saturated carbocycles. The molecule has 256 valence electrons. The first-order valence-corrected chi connectivity index (χ1v) is 18.6. The number of benzene rings is 8. The Kier molecular flexibility index (Phi) is 6.23. The third kappa shape index (κ3) is 4.11. The topological polar surface area (TPSA) is 52.1 Å². The molecular weight excluding hydrogens is 673 g/mol. The Morgan fingerprint density at radius 2 is 0.764 bits per heavy atom. The van der Waals surface area contributed by atoms with Crippen molar-refractivity contribution in [1.29, 1.82) is 0 Å². The Bertz CT molecular complexity index is 2940. The zero-order valence-corrected chi connectivity index (χ0v) is 29.5. The zero-order valence-electron chi connectivity index (χ0n) is 29.5. The number of oxazole rings is 2. The monoisotopic (exact) mass is 702 g/mol. The van der Waals surface area contributed by atoms with Crippen LogP contribution in [0.25, 0.3) is 89.0 Å². The Balaban J connectivity index is 1.24. The van der Waals surface area contributed by atoms with Gasteiger partial charge in [0, 0.05) is 11.1 Å². The smallest absolute Gasteiger partial charge is 0.225 e. The van der Waals surface area contributed by atoms with Gasteiger partial charge in [-0.25, -0.2) is 9.97 Å². The van der Waals surface area contributed by atoms with Gasteiger partial charge in [-0.2, -0.15) is 0 Å². The van der Waals surface area contributed by atoms with Crippen molar-refractivity contribution in [3.05, 3.63) is 205 Å². The van der Waals surface area contributed by atoms with Crippen LogP contribution in [0.4, 0.5) is 0 Å². The van der Waals surface area contributed by atoms with E-state index >= 15 is 0 Å². The van der Waals surface area contributed by atoms with E-state index in [-0.39, 0.29) is 0 Å². The normalized spacial score (nSPS) is 13.2. The molecule has 0 aliphatic heterocycles. The van der Waals surface area contributed by atoms with Gasteiger partial charge in [-0.1, -0.05) is 121 Å². The van der Waals surface area contributed by atoms with Crippen LogP contribution in [-0.2, 0) is 5.41 Å². The second-order valence-electron chi connectivity index (χ2n) is 14.5. The molecular formula is C51H30N2O2. The SMILES string of the molecule is c1cc(-c2ncco2)cc(-c2cc3c(c4ccccc24)-c2c(cc(-c4cccc(-c5ncco5)c4)c4ccccc24)C32c3ccccc3-c3ccccc32)c1. The fraction of sp³-hybridized carbons (Fsp3) is 0.0196. The van der Waals surface area contributed by atoms with Crippen LogP contribution >= 0.6 is 0 Å². The van der Waals surface area contributed by atoms with Crippen LogP contribution in [-0.4, -0.2) is 9.97 Å². The molecule has 0 N–H and O–H groups in total. The van der Waals surface area contributed by atoms with Crippen LogP contribution < -0.4 is 0 Å². The average molecular weight is 703 g/mol. The fourth-order valence-corrected chi connectivity index (χ4v) is 9.69. The van der Waals surface area contributed by atoms with Gasteiger partial charge in [0.25, 0.3) is 0 Å². The van der Waals surface area contributed by atoms with Crippen LogP contribution in [0.5, 0.6) is 0 Å². The molecule has 4 heteroatoms. The Morgan fingerprint density at radius 3 is 1.22 bits per heavy atom. The molecule has 0 radical (unpaired) electrons. The molecule has 4 nitrogen and oxygen atoms in total. The van der Waals surface area contributed by atoms with E-state index in [1.54, 1.807) is 24.9 Å². The minimum Gasteiger partial charge on any atom is -0.445 e. The van der Waals surface area contributed by atoms with Gasteiger partial charge in [-0.15, -0.1) is 0 Å². The third-order valence-corrected chi connectivity index (χ3v) is 11.8. The number of hydrogen-bond acceptors (Lipinski definition) is 4. The molecule has 2 aliphatic carbocycles. The molecule has 2 aromatic heterocycles. The summed E-state index contributed by atoms with van der Waals surface area (Å²) in [5.41, 5.74) is 16.3. The largest absolute Gasteiger partial charge is 0.445 e. The Morgan fingerprint density at radius 1 is 0.345 bits per heavy atom. The van der Waals surface area contributed by atoms with Crippen molar-refractivity contribution in [3.63, 3.8) is 0 Å². The van der Waals surface area contributed by atoms with Gasteiger partial charge < -0.3 is 8.83 Å². The van der Waals surface area contributed by atoms with Crippen LogP contribution in [0, 0.1) is 0 Å². The highest BCUT2D eigenvalue weighted by molar-refractivity contribution is 6.18. The summed E-state index contributed by atoms with van der Waals surface area (Å²) in [7, 11) is 0. The molecule has 2 aliphatic rings. The molecule has 0 bridgehead atoms. The maximum Gasteiger partial charge on any atom is 0.225 e. The second kappa shape index (κ2) is 11.3. The van der Waals surface area contributed by atoms with Gasteiger partial charge in [0.1, 0.15) is 12.5 Å². The summed E-state index contributed by atoms with van der Waals surface area (Å²) in [6, 6.07) is 58.0. The van der Waals surface area contributed by atoms with E-state index in [2.05, 4.69) is 168 Å². The summed E-state index contributed by atoms with van der Waals surface area (Å²) in [4.78, 5) is 8.97. The van der Waals surface area contributed by atoms with E-state index in [1.807, 2.05) is 0 Å². The zero-order chi connectivity index (χ0) is 36.1. The van der Waals surface area contributed by atoms with E-state index in [9.17, 15) is 0 Å². The predicted octanol–water partition coefficient (Wildman–Crippen LogP) is 13.0. The first-order chi connectivity index (χ1) is 27.3. The van der Waals surface area contributed by atoms with E-state index in [1.165, 1.54) is 77.2 Å². The summed E-state index contributed by atoms with van der Waals surface area (Å²) >= 11 is 0. The number of nitrogens with zero attached hydrogens (tertiary/aromatic N) is 2. The summed E-state index contributed by atoms with van der Waals surface area (Å²) in [6.07, 6.45) is 6.66. The molecule has 2 heterocycles. The van der Waals surface area contributed by atoms with Crippen molar-refractivity contribution in [2.75, 3.05) is 0 Å². The lowest BCUT2D eigenvalue weighted by molar-refractivity contribution is 0.574. The highest BCUT2D eigenvalue weighted by atomic mass is 16.3. The van der Waals surface area contributed by atoms with Crippen LogP contribution in [0.2, 0.25) is 0 Å². The lowest BCUT2D eigenvalue weighted by atomic mass is 9.69. The summed E-state index contributed by atoms with van der Waals surface area (Å²) in [5.74, 6) is 1.22. The molecule has 0 unspecified atom stereocenters. The lowest BCUT2D eigenvalue weighted by Crippen LogP contribution is -2.26. The molecule has 0 saturated heterocycles. The summed E-state index contributed by atoms with van der Waals surface area (Å²) < 4.78 is 11.5. The highest BCUT2D eigenvalue weighted by Gasteiger charge is 2.53. The van der Waals surface area contributed by atoms with E-state index < -0.39 is 5.41 Å². The van der Waals surface area contributed by atoms with E-state index in [0.717, 1.165) is 22.3 Å². The minimum absolute atomic E-state index is 0.574. The van der Waals surface area contributed by atoms with Gasteiger partial charge in [0.2, 0.25) is 11.8 Å². The lowest BCUT2D eigenvalue weighted by Gasteiger charge is -2.31. The van der Waals surface area contributed by atoms with Gasteiger partial charge >= 0.3 is 0 Å². The maximum atomic E-state index is 5.77. The van der Waals surface area contributed by atoms with Gasteiger partial charge in [0.05, 0.1) is 17.8 Å². The van der Waals surface area contributed by atoms with Crippen molar-refractivity contribution >= 4 is 21.5 Å². The molecule has 0 fully saturated rings. The van der Waals surface area contributed by atoms with Crippen molar-refractivity contribution in [3.8, 4) is 67.4 Å². The maximum absolute atomic E-state index is 5.77. The second-order valence-corrected chi connectivity index (χ2v) is 14.5. The van der Waals surface area contributed by atoms with Crippen LogP contribution in [0.1, 0.15) is 22.3 Å². The Labute approximate surface area is 317 Å². The van der Waals surface area contributed by atoms with E-state index in [0.29, 0.717) is 11.8 Å². The van der Waals surface area contributed by atoms with Crippen molar-refractivity contribution < 1.29 is 8.83 Å². The minimum atomic E-state index is -0.574. The molecule has 8 aromatic carbocycles. The molecule has 0 amide bonds. The van der Waals surface area contributed by atoms with Gasteiger partial charge in [0.15, 0.2) is 0 Å². The first-order valence-electron chi connectivity index (χ1n) is 18.6. The number of rotatable bonds is 4. The number of hydrogen-bond donors (Lipinski definition) is 0. The van der Waals surface area contributed by atoms with Crippen molar-refractivity contribution in [1.82, 2.24) is 9.97 Å². The fourth-order valence-electron chi connectivity index (χ4n) is 9.69. The van der Waals surface area contributed by atoms with Gasteiger partial charge in [-0.3, -0.25) is 0 Å². The Hall–Kier alpha value is -7.30. The van der Waals surface area contributed by atoms with Crippen molar-refractivity contribution in [2.45, 2.75) is 5.41 Å². The van der Waals surface area contributed by atoms with Crippen LogP contribution in [0.3, 0.4) is 0 Å². The van der Waals surface area contributed by atoms with Crippen LogP contribution in [0.15, 0.2) is 191 Å². The molecule has 12 rings (SSSR count). The molecule has 55 heavy (non-hydrogen) atoms. The van der Waals surface area contributed by atoms with Crippen molar-refractivity contribution in [2.24, 2.45) is 0 Å². The summed E-state index contributed by atoms with van der Waals surface area (Å²) in [5, 5.41) is 4.89. The highest BCUT2D eigenvalue weighted by Crippen LogP contribution is 2.66. The third-order valence-electron chi connectivity index (χ3n) is 11.8. The quantitative estimate of drug-likeness (QED) is 0.183. The first kappa shape index (κ1) is 30.2. The average Bonchev–Trinajstić information content (AvgIpc) is 4.08. The molecule has 10 aromatic rings. The number of fused-ring (bicyclic) bond motifs is 14. The predicted molar refractivity (Wildman–Crippen MR) is 220 cm³/mol.